The van der Waals surface area contributed by atoms with E-state index in [-0.39, 0.29) is 17.4 Å². The first-order chi connectivity index (χ1) is 14.6. The third-order valence-corrected chi connectivity index (χ3v) is 5.54. The van der Waals surface area contributed by atoms with Crippen LogP contribution in [0.4, 0.5) is 4.39 Å². The van der Waals surface area contributed by atoms with E-state index in [1.807, 2.05) is 30.5 Å². The van der Waals surface area contributed by atoms with Gasteiger partial charge in [-0.25, -0.2) is 4.39 Å². The molecule has 0 unspecified atom stereocenters. The summed E-state index contributed by atoms with van der Waals surface area (Å²) in [5, 5.41) is 4.55. The average Bonchev–Trinajstić information content (AvgIpc) is 2.78. The maximum Gasteiger partial charge on any atom is 0.158 e. The Morgan fingerprint density at radius 1 is 1.17 bits per heavy atom. The highest BCUT2D eigenvalue weighted by Crippen LogP contribution is 2.24. The smallest absolute Gasteiger partial charge is 0.158 e. The molecule has 5 nitrogen and oxygen atoms in total. The number of hydrogen-bond acceptors (Lipinski definition) is 5. The number of pyridine rings is 1. The molecule has 0 aliphatic carbocycles. The van der Waals surface area contributed by atoms with Gasteiger partial charge in [0.2, 0.25) is 0 Å². The zero-order valence-corrected chi connectivity index (χ0v) is 17.5. The minimum atomic E-state index is -0.409. The second kappa shape index (κ2) is 9.71. The summed E-state index contributed by atoms with van der Waals surface area (Å²) in [6, 6.07) is 12.8. The molecule has 1 saturated heterocycles. The zero-order chi connectivity index (χ0) is 20.9. The van der Waals surface area contributed by atoms with Crippen molar-refractivity contribution in [2.45, 2.75) is 31.7 Å². The van der Waals surface area contributed by atoms with Crippen LogP contribution in [0.1, 0.15) is 17.5 Å². The van der Waals surface area contributed by atoms with Crippen LogP contribution in [-0.2, 0) is 22.4 Å². The van der Waals surface area contributed by atoms with Crippen molar-refractivity contribution in [2.75, 3.05) is 20.3 Å². The summed E-state index contributed by atoms with van der Waals surface area (Å²) in [7, 11) is 1.66. The van der Waals surface area contributed by atoms with E-state index in [4.69, 9.17) is 25.8 Å². The normalized spacial score (nSPS) is 19.2. The van der Waals surface area contributed by atoms with Gasteiger partial charge in [0, 0.05) is 24.5 Å². The quantitative estimate of drug-likeness (QED) is 0.598. The predicted molar refractivity (Wildman–Crippen MR) is 114 cm³/mol. The van der Waals surface area contributed by atoms with Crippen molar-refractivity contribution in [1.82, 2.24) is 10.3 Å². The third-order valence-electron chi connectivity index (χ3n) is 5.23. The van der Waals surface area contributed by atoms with Gasteiger partial charge in [-0.3, -0.25) is 4.98 Å². The van der Waals surface area contributed by atoms with E-state index < -0.39 is 5.82 Å². The van der Waals surface area contributed by atoms with E-state index in [9.17, 15) is 4.39 Å². The van der Waals surface area contributed by atoms with Gasteiger partial charge < -0.3 is 19.5 Å². The number of nitrogens with zero attached hydrogens (tertiary/aromatic N) is 1. The molecule has 1 N–H and O–H groups in total. The average molecular weight is 431 g/mol. The Labute approximate surface area is 180 Å². The number of aromatic nitrogens is 1. The van der Waals surface area contributed by atoms with Gasteiger partial charge in [-0.05, 0) is 53.9 Å². The number of fused-ring (bicyclic) bond motifs is 1. The van der Waals surface area contributed by atoms with E-state index in [1.54, 1.807) is 19.2 Å². The number of ether oxygens (including phenoxy) is 3. The lowest BCUT2D eigenvalue weighted by atomic mass is 10.0. The maximum absolute atomic E-state index is 13.5. The van der Waals surface area contributed by atoms with Gasteiger partial charge in [0.25, 0.3) is 0 Å². The number of rotatable bonds is 7. The highest BCUT2D eigenvalue weighted by Gasteiger charge is 2.22. The molecule has 7 heteroatoms. The fourth-order valence-electron chi connectivity index (χ4n) is 3.54. The van der Waals surface area contributed by atoms with E-state index in [0.717, 1.165) is 35.1 Å². The summed E-state index contributed by atoms with van der Waals surface area (Å²) >= 11 is 5.72. The lowest BCUT2D eigenvalue weighted by molar-refractivity contribution is -0.192. The SMILES string of the molecule is COc1ccc2nccc(CC[C@H]3OC[C@H](NCc4ccc(Cl)c(F)c4)CO3)c2c1. The van der Waals surface area contributed by atoms with Crippen molar-refractivity contribution in [2.24, 2.45) is 0 Å². The van der Waals surface area contributed by atoms with E-state index >= 15 is 0 Å². The lowest BCUT2D eigenvalue weighted by Crippen LogP contribution is -2.44. The monoisotopic (exact) mass is 430 g/mol. The molecule has 1 aliphatic rings. The fraction of sp³-hybridized carbons (Fsp3) is 0.348. The van der Waals surface area contributed by atoms with Crippen LogP contribution >= 0.6 is 11.6 Å². The minimum absolute atomic E-state index is 0.0611. The summed E-state index contributed by atoms with van der Waals surface area (Å²) < 4.78 is 30.6. The number of methoxy groups -OCH3 is 1. The molecular weight excluding hydrogens is 407 g/mol. The van der Waals surface area contributed by atoms with Crippen LogP contribution in [0.2, 0.25) is 5.02 Å². The standard InChI is InChI=1S/C23H24ClFN2O3/c1-28-18-4-6-22-19(11-18)16(8-9-26-22)3-7-23-29-13-17(14-30-23)27-12-15-2-5-20(24)21(25)10-15/h2,4-6,8-11,17,23,27H,3,7,12-14H2,1H3/t17-,23-. The highest BCUT2D eigenvalue weighted by atomic mass is 35.5. The summed E-state index contributed by atoms with van der Waals surface area (Å²) in [5.41, 5.74) is 2.97. The van der Waals surface area contributed by atoms with Gasteiger partial charge in [-0.2, -0.15) is 0 Å². The molecule has 0 saturated carbocycles. The molecule has 0 amide bonds. The molecule has 0 spiro atoms. The van der Waals surface area contributed by atoms with Crippen molar-refractivity contribution in [3.8, 4) is 5.75 Å². The molecular formula is C23H24ClFN2O3. The second-order valence-electron chi connectivity index (χ2n) is 7.31. The topological polar surface area (TPSA) is 52.6 Å². The second-order valence-corrected chi connectivity index (χ2v) is 7.72. The molecule has 3 aromatic rings. The van der Waals surface area contributed by atoms with Crippen LogP contribution < -0.4 is 10.1 Å². The molecule has 1 fully saturated rings. The Hall–Kier alpha value is -2.25. The van der Waals surface area contributed by atoms with Crippen LogP contribution in [0.25, 0.3) is 10.9 Å². The number of hydrogen-bond donors (Lipinski definition) is 1. The van der Waals surface area contributed by atoms with Crippen LogP contribution in [0.3, 0.4) is 0 Å². The Morgan fingerprint density at radius 3 is 2.77 bits per heavy atom. The number of aryl methyl sites for hydroxylation is 1. The Kier molecular flexibility index (Phi) is 6.79. The summed E-state index contributed by atoms with van der Waals surface area (Å²) in [5.74, 6) is 0.407. The summed E-state index contributed by atoms with van der Waals surface area (Å²) in [6.45, 7) is 1.62. The Bertz CT molecular complexity index is 1010. The molecule has 2 heterocycles. The van der Waals surface area contributed by atoms with Gasteiger partial charge in [0.1, 0.15) is 11.6 Å². The number of nitrogens with one attached hydrogen (secondary N) is 1. The molecule has 0 atom stereocenters. The maximum atomic E-state index is 13.5. The van der Waals surface area contributed by atoms with Crippen molar-refractivity contribution < 1.29 is 18.6 Å². The first-order valence-electron chi connectivity index (χ1n) is 9.94. The molecule has 1 aromatic heterocycles. The minimum Gasteiger partial charge on any atom is -0.497 e. The lowest BCUT2D eigenvalue weighted by Gasteiger charge is -2.30. The van der Waals surface area contributed by atoms with E-state index in [0.29, 0.717) is 19.8 Å². The zero-order valence-electron chi connectivity index (χ0n) is 16.7. The molecule has 30 heavy (non-hydrogen) atoms. The van der Waals surface area contributed by atoms with Crippen LogP contribution in [-0.4, -0.2) is 37.6 Å². The first kappa shape index (κ1) is 21.0. The van der Waals surface area contributed by atoms with Crippen molar-refractivity contribution in [3.63, 3.8) is 0 Å². The Morgan fingerprint density at radius 2 is 2.00 bits per heavy atom. The van der Waals surface area contributed by atoms with Crippen molar-refractivity contribution in [1.29, 1.82) is 0 Å². The molecule has 2 aromatic carbocycles. The van der Waals surface area contributed by atoms with Gasteiger partial charge >= 0.3 is 0 Å². The van der Waals surface area contributed by atoms with Crippen molar-refractivity contribution >= 4 is 22.5 Å². The predicted octanol–water partition coefficient (Wildman–Crippen LogP) is 4.50. The van der Waals surface area contributed by atoms with E-state index in [1.165, 1.54) is 11.6 Å². The van der Waals surface area contributed by atoms with Gasteiger partial charge in [-0.15, -0.1) is 0 Å². The number of halogens is 2. The molecule has 158 valence electrons. The molecule has 0 bridgehead atoms. The van der Waals surface area contributed by atoms with Crippen molar-refractivity contribution in [3.05, 3.63) is 70.6 Å². The number of benzene rings is 2. The fourth-order valence-corrected chi connectivity index (χ4v) is 3.66. The van der Waals surface area contributed by atoms with Gasteiger partial charge in [-0.1, -0.05) is 17.7 Å². The summed E-state index contributed by atoms with van der Waals surface area (Å²) in [6.07, 6.45) is 3.15. The first-order valence-corrected chi connectivity index (χ1v) is 10.3. The molecule has 1 aliphatic heterocycles. The van der Waals surface area contributed by atoms with Crippen LogP contribution in [0.5, 0.6) is 5.75 Å². The molecule has 0 radical (unpaired) electrons. The highest BCUT2D eigenvalue weighted by molar-refractivity contribution is 6.30. The molecule has 4 rings (SSSR count). The van der Waals surface area contributed by atoms with Gasteiger partial charge in [0.05, 0.1) is 36.9 Å². The summed E-state index contributed by atoms with van der Waals surface area (Å²) in [4.78, 5) is 4.42. The van der Waals surface area contributed by atoms with Crippen LogP contribution in [0, 0.1) is 5.82 Å². The van der Waals surface area contributed by atoms with Gasteiger partial charge in [0.15, 0.2) is 6.29 Å². The van der Waals surface area contributed by atoms with E-state index in [2.05, 4.69) is 10.3 Å². The van der Waals surface area contributed by atoms with Crippen LogP contribution in [0.15, 0.2) is 48.7 Å². The Balaban J connectivity index is 1.27. The third kappa shape index (κ3) is 5.08. The largest absolute Gasteiger partial charge is 0.497 e.